The van der Waals surface area contributed by atoms with Crippen molar-refractivity contribution in [3.05, 3.63) is 115 Å². The van der Waals surface area contributed by atoms with Gasteiger partial charge in [0.05, 0.1) is 29.8 Å². The fourth-order valence-corrected chi connectivity index (χ4v) is 6.64. The van der Waals surface area contributed by atoms with Gasteiger partial charge in [0.25, 0.3) is 0 Å². The first-order valence-corrected chi connectivity index (χ1v) is 21.5. The SMILES string of the molecule is CN(C)c1cccc(C2CCCCN2)c1.Cc1cncc(NC(=O)C(=O)N2CCCCC2c2cccc(N(C)C)c2)c1.Cc1cncc(NC(=O)C(=O)OCC(F)(F)F)c1.[CH2-]CCC.[Li+]. The smallest absolute Gasteiger partial charge is 0.449 e. The van der Waals surface area contributed by atoms with Crippen LogP contribution in [0.15, 0.2) is 85.5 Å². The van der Waals surface area contributed by atoms with Crippen molar-refractivity contribution in [2.45, 2.75) is 90.4 Å². The molecule has 0 spiro atoms. The molecule has 2 aliphatic heterocycles. The van der Waals surface area contributed by atoms with Crippen molar-refractivity contribution in [3.8, 4) is 0 Å². The van der Waals surface area contributed by atoms with Gasteiger partial charge >= 0.3 is 48.7 Å². The number of piperidine rings is 2. The Kier molecular flexibility index (Phi) is 24.4. The van der Waals surface area contributed by atoms with E-state index in [1.807, 2.05) is 44.1 Å². The van der Waals surface area contributed by atoms with Crippen molar-refractivity contribution in [1.82, 2.24) is 20.2 Å². The normalized spacial score (nSPS) is 15.3. The van der Waals surface area contributed by atoms with Gasteiger partial charge < -0.3 is 42.3 Å². The molecule has 0 aliphatic carbocycles. The minimum atomic E-state index is -4.67. The van der Waals surface area contributed by atoms with E-state index in [9.17, 15) is 32.3 Å². The van der Waals surface area contributed by atoms with Crippen LogP contribution in [-0.4, -0.2) is 92.6 Å². The second-order valence-corrected chi connectivity index (χ2v) is 15.9. The number of rotatable bonds is 8. The van der Waals surface area contributed by atoms with Crippen LogP contribution in [-0.2, 0) is 23.9 Å². The Bertz CT molecular complexity index is 2100. The molecular formula is C48H64F3LiN8O5. The maximum Gasteiger partial charge on any atom is 1.00 e. The predicted octanol–water partition coefficient (Wildman–Crippen LogP) is 5.77. The Hall–Kier alpha value is -5.43. The van der Waals surface area contributed by atoms with Crippen LogP contribution in [0.1, 0.15) is 92.6 Å². The Morgan fingerprint density at radius 2 is 1.31 bits per heavy atom. The van der Waals surface area contributed by atoms with E-state index in [0.29, 0.717) is 18.3 Å². The number of unbranched alkanes of at least 4 members (excludes halogenated alkanes) is 1. The quantitative estimate of drug-likeness (QED) is 0.0862. The number of aromatic nitrogens is 2. The van der Waals surface area contributed by atoms with Gasteiger partial charge in [0.1, 0.15) is 0 Å². The molecule has 65 heavy (non-hydrogen) atoms. The van der Waals surface area contributed by atoms with Crippen LogP contribution >= 0.6 is 0 Å². The Morgan fingerprint density at radius 1 is 0.785 bits per heavy atom. The van der Waals surface area contributed by atoms with Crippen LogP contribution in [0.5, 0.6) is 0 Å². The zero-order valence-electron chi connectivity index (χ0n) is 39.1. The molecule has 2 aromatic carbocycles. The van der Waals surface area contributed by atoms with Crippen LogP contribution in [0.25, 0.3) is 0 Å². The average molecular weight is 897 g/mol. The Morgan fingerprint density at radius 3 is 1.80 bits per heavy atom. The number of aryl methyl sites for hydroxylation is 2. The number of carbonyl (C=O) groups excluding carboxylic acids is 4. The van der Waals surface area contributed by atoms with Crippen LogP contribution < -0.4 is 44.6 Å². The summed E-state index contributed by atoms with van der Waals surface area (Å²) in [5.74, 6) is -3.99. The molecule has 0 saturated carbocycles. The second kappa shape index (κ2) is 28.5. The van der Waals surface area contributed by atoms with E-state index in [1.165, 1.54) is 55.4 Å². The Labute approximate surface area is 394 Å². The molecule has 0 bridgehead atoms. The third-order valence-corrected chi connectivity index (χ3v) is 10.0. The third kappa shape index (κ3) is 20.1. The molecule has 2 aromatic heterocycles. The number of esters is 1. The summed E-state index contributed by atoms with van der Waals surface area (Å²) in [7, 11) is 8.17. The van der Waals surface area contributed by atoms with Gasteiger partial charge in [-0.05, 0) is 111 Å². The van der Waals surface area contributed by atoms with Crippen molar-refractivity contribution in [3.63, 3.8) is 0 Å². The van der Waals surface area contributed by atoms with E-state index in [2.05, 4.69) is 93.8 Å². The number of amides is 3. The number of ether oxygens (including phenoxy) is 1. The maximum absolute atomic E-state index is 12.9. The molecule has 2 aliphatic rings. The van der Waals surface area contributed by atoms with E-state index in [0.717, 1.165) is 54.6 Å². The maximum atomic E-state index is 12.9. The van der Waals surface area contributed by atoms with Crippen molar-refractivity contribution >= 4 is 46.4 Å². The number of hydrogen-bond donors (Lipinski definition) is 3. The fraction of sp³-hybridized carbons (Fsp3) is 0.438. The van der Waals surface area contributed by atoms with Gasteiger partial charge in [0.2, 0.25) is 0 Å². The van der Waals surface area contributed by atoms with Gasteiger partial charge in [0, 0.05) is 64.5 Å². The number of nitrogens with one attached hydrogen (secondary N) is 3. The van der Waals surface area contributed by atoms with Crippen LogP contribution in [0.3, 0.4) is 0 Å². The number of pyridine rings is 2. The van der Waals surface area contributed by atoms with E-state index in [1.54, 1.807) is 30.3 Å². The van der Waals surface area contributed by atoms with E-state index >= 15 is 0 Å². The number of benzene rings is 2. The molecule has 2 saturated heterocycles. The van der Waals surface area contributed by atoms with Gasteiger partial charge in [-0.15, -0.1) is 0 Å². The fourth-order valence-electron chi connectivity index (χ4n) is 6.64. The van der Waals surface area contributed by atoms with Gasteiger partial charge in [-0.3, -0.25) is 24.4 Å². The van der Waals surface area contributed by atoms with Crippen LogP contribution in [0.2, 0.25) is 0 Å². The summed E-state index contributed by atoms with van der Waals surface area (Å²) in [6.07, 6.45) is 10.4. The second-order valence-electron chi connectivity index (χ2n) is 15.9. The molecule has 17 heteroatoms. The summed E-state index contributed by atoms with van der Waals surface area (Å²) in [6.45, 7) is 9.27. The number of carbonyl (C=O) groups is 4. The summed E-state index contributed by atoms with van der Waals surface area (Å²) < 4.78 is 39.0. The van der Waals surface area contributed by atoms with E-state index in [-0.39, 0.29) is 30.6 Å². The van der Waals surface area contributed by atoms with E-state index < -0.39 is 36.5 Å². The summed E-state index contributed by atoms with van der Waals surface area (Å²) in [6, 6.07) is 20.8. The van der Waals surface area contributed by atoms with Gasteiger partial charge in [-0.1, -0.05) is 44.0 Å². The number of likely N-dealkylation sites (tertiary alicyclic amines) is 1. The first-order chi connectivity index (χ1) is 30.4. The number of anilines is 4. The number of nitrogens with zero attached hydrogens (tertiary/aromatic N) is 5. The molecule has 2 atom stereocenters. The zero-order valence-corrected chi connectivity index (χ0v) is 39.1. The molecule has 2 fully saturated rings. The van der Waals surface area contributed by atoms with Crippen molar-refractivity contribution in [2.75, 3.05) is 68.3 Å². The molecule has 6 rings (SSSR count). The molecule has 348 valence electrons. The van der Waals surface area contributed by atoms with E-state index in [4.69, 9.17) is 0 Å². The predicted molar refractivity (Wildman–Crippen MR) is 247 cm³/mol. The van der Waals surface area contributed by atoms with Crippen molar-refractivity contribution < 1.29 is 55.9 Å². The van der Waals surface area contributed by atoms with Gasteiger partial charge in [-0.25, -0.2) is 4.79 Å². The minimum absolute atomic E-state index is 0. The standard InChI is InChI=1S/C21H26N4O2.C13H20N2.C10H9F3N2O3.C4H9.Li/c1-15-11-17(14-22-13-15)23-20(26)21(27)25-10-5-4-9-19(25)16-7-6-8-18(12-16)24(2)3;1-15(2)12-7-5-6-11(10-12)13-8-3-4-9-14-13;1-6-2-7(4-14-3-6)15-8(16)9(17)18-5-10(11,12)13;1-3-4-2;/h6-8,11-14,19H,4-5,9-10H2,1-3H3,(H,23,26);5-7,10,13-14H,3-4,8-9H2,1-2H3;2-4H,5H2,1H3,(H,15,16);1,3-4H2,2H3;/q;;;-1;+1. The number of alkyl halides is 3. The first-order valence-electron chi connectivity index (χ1n) is 21.5. The summed E-state index contributed by atoms with van der Waals surface area (Å²) in [5, 5.41) is 8.34. The molecule has 3 amide bonds. The number of hydrogen-bond acceptors (Lipinski definition) is 10. The first kappa shape index (κ1) is 55.7. The topological polar surface area (TPSA) is 149 Å². The molecule has 4 heterocycles. The minimum Gasteiger partial charge on any atom is -0.449 e. The van der Waals surface area contributed by atoms with Gasteiger partial charge in [-0.2, -0.15) is 19.6 Å². The molecule has 13 nitrogen and oxygen atoms in total. The summed E-state index contributed by atoms with van der Waals surface area (Å²) in [5.41, 5.74) is 7.26. The molecule has 2 unspecified atom stereocenters. The monoisotopic (exact) mass is 897 g/mol. The summed E-state index contributed by atoms with van der Waals surface area (Å²) >= 11 is 0. The van der Waals surface area contributed by atoms with Crippen molar-refractivity contribution in [2.24, 2.45) is 0 Å². The van der Waals surface area contributed by atoms with Gasteiger partial charge in [0.15, 0.2) is 6.61 Å². The van der Waals surface area contributed by atoms with Crippen LogP contribution in [0, 0.1) is 20.8 Å². The molecular weight excluding hydrogens is 833 g/mol. The van der Waals surface area contributed by atoms with Crippen molar-refractivity contribution in [1.29, 1.82) is 0 Å². The number of halogens is 3. The largest absolute Gasteiger partial charge is 1.00 e. The third-order valence-electron chi connectivity index (χ3n) is 10.0. The zero-order chi connectivity index (χ0) is 47.2. The molecule has 0 radical (unpaired) electrons. The average Bonchev–Trinajstić information content (AvgIpc) is 3.28. The summed E-state index contributed by atoms with van der Waals surface area (Å²) in [4.78, 5) is 61.2. The molecule has 4 aromatic rings. The van der Waals surface area contributed by atoms with Crippen LogP contribution in [0.4, 0.5) is 35.9 Å². The Balaban J connectivity index is 0.000000333. The molecule has 3 N–H and O–H groups in total.